The van der Waals surface area contributed by atoms with Gasteiger partial charge in [-0.2, -0.15) is 0 Å². The van der Waals surface area contributed by atoms with Crippen molar-refractivity contribution in [3.63, 3.8) is 0 Å². The molecule has 1 saturated heterocycles. The van der Waals surface area contributed by atoms with Crippen molar-refractivity contribution in [2.45, 2.75) is 6.42 Å². The van der Waals surface area contributed by atoms with E-state index in [1.807, 2.05) is 6.07 Å². The molecular weight excluding hydrogens is 412 g/mol. The van der Waals surface area contributed by atoms with Gasteiger partial charge >= 0.3 is 0 Å². The van der Waals surface area contributed by atoms with E-state index in [-0.39, 0.29) is 15.3 Å². The van der Waals surface area contributed by atoms with Crippen LogP contribution in [0.3, 0.4) is 0 Å². The number of amides is 2. The van der Waals surface area contributed by atoms with Crippen LogP contribution in [0.4, 0.5) is 17.1 Å². The second-order valence-corrected chi connectivity index (χ2v) is 8.23. The second-order valence-electron chi connectivity index (χ2n) is 7.23. The van der Waals surface area contributed by atoms with E-state index in [4.69, 9.17) is 19.7 Å². The molecule has 1 aromatic carbocycles. The third kappa shape index (κ3) is 4.00. The van der Waals surface area contributed by atoms with Crippen LogP contribution >= 0.6 is 11.3 Å². The van der Waals surface area contributed by atoms with Gasteiger partial charge in [-0.3, -0.25) is 9.59 Å². The van der Waals surface area contributed by atoms with Gasteiger partial charge in [0, 0.05) is 65.8 Å². The molecule has 0 spiro atoms. The monoisotopic (exact) mass is 444 g/mol. The van der Waals surface area contributed by atoms with Gasteiger partial charge in [0.2, 0.25) is 0 Å². The zero-order valence-corrected chi connectivity index (χ0v) is 17.5. The molecule has 0 aliphatic carbocycles. The van der Waals surface area contributed by atoms with E-state index in [1.165, 1.54) is 23.5 Å². The lowest BCUT2D eigenvalue weighted by Gasteiger charge is -2.25. The van der Waals surface area contributed by atoms with E-state index in [2.05, 4.69) is 14.8 Å². The van der Waals surface area contributed by atoms with Gasteiger partial charge in [-0.1, -0.05) is 0 Å². The minimum atomic E-state index is -3.10. The molecule has 2 aromatic heterocycles. The average Bonchev–Trinajstić information content (AvgIpc) is 2.98. The number of pyridine rings is 1. The van der Waals surface area contributed by atoms with Crippen molar-refractivity contribution in [1.29, 1.82) is 0 Å². The molecule has 162 valence electrons. The van der Waals surface area contributed by atoms with Gasteiger partial charge in [0.05, 0.1) is 16.8 Å². The van der Waals surface area contributed by atoms with E-state index in [0.29, 0.717) is 29.0 Å². The first-order chi connectivity index (χ1) is 17.3. The number of nitrogens with zero attached hydrogens (tertiary/aromatic N) is 4. The molecule has 4 rings (SSSR count). The molecule has 4 N–H and O–H groups in total. The first-order valence-corrected chi connectivity index (χ1v) is 10.5. The van der Waals surface area contributed by atoms with Crippen LogP contribution in [-0.2, 0) is 0 Å². The minimum Gasteiger partial charge on any atom is -0.397 e. The summed E-state index contributed by atoms with van der Waals surface area (Å²) in [4.78, 5) is 34.0. The molecule has 31 heavy (non-hydrogen) atoms. The maximum Gasteiger partial charge on any atom is 0.260 e. The molecular formula is C22H26N6O2S. The predicted molar refractivity (Wildman–Crippen MR) is 126 cm³/mol. The molecule has 1 fully saturated rings. The maximum absolute atomic E-state index is 12.7. The lowest BCUT2D eigenvalue weighted by atomic mass is 10.1. The Balaban J connectivity index is 1.52. The Kier molecular flexibility index (Phi) is 3.98. The number of fused-ring (bicyclic) bond motifs is 1. The number of anilines is 3. The summed E-state index contributed by atoms with van der Waals surface area (Å²) in [7, 11) is 0. The summed E-state index contributed by atoms with van der Waals surface area (Å²) < 4.78 is 44.8. The van der Waals surface area contributed by atoms with Gasteiger partial charge in [-0.15, -0.1) is 11.3 Å². The van der Waals surface area contributed by atoms with E-state index in [9.17, 15) is 9.59 Å². The van der Waals surface area contributed by atoms with Crippen molar-refractivity contribution < 1.29 is 17.8 Å². The maximum atomic E-state index is 12.7. The normalized spacial score (nSPS) is 18.2. The highest BCUT2D eigenvalue weighted by atomic mass is 32.1. The molecule has 1 aliphatic heterocycles. The summed E-state index contributed by atoms with van der Waals surface area (Å²) in [6.07, 6.45) is 2.49. The third-order valence-electron chi connectivity index (χ3n) is 5.35. The van der Waals surface area contributed by atoms with E-state index in [1.54, 1.807) is 18.3 Å². The number of nitrogen functional groups attached to an aromatic ring is 1. The van der Waals surface area contributed by atoms with Crippen LogP contribution in [0.15, 0.2) is 36.5 Å². The summed E-state index contributed by atoms with van der Waals surface area (Å²) in [5, 5.41) is 0.714. The summed E-state index contributed by atoms with van der Waals surface area (Å²) >= 11 is 1.17. The van der Waals surface area contributed by atoms with Crippen molar-refractivity contribution in [1.82, 2.24) is 9.88 Å². The van der Waals surface area contributed by atoms with Gasteiger partial charge in [0.25, 0.3) is 11.8 Å². The number of nitrogens with two attached hydrogens (primary N) is 2. The quantitative estimate of drug-likeness (QED) is 0.640. The fourth-order valence-electron chi connectivity index (χ4n) is 3.84. The highest BCUT2D eigenvalue weighted by Gasteiger charge is 2.22. The molecule has 3 heterocycles. The average molecular weight is 445 g/mol. The Morgan fingerprint density at radius 3 is 2.52 bits per heavy atom. The number of hydrogen-bond donors (Lipinski definition) is 2. The fourth-order valence-corrected chi connectivity index (χ4v) is 4.77. The SMILES string of the molecule is [2H]C([2H])([2H])N(C(=O)c1ccc(N2CCCN(c3ccnc4sc(C(N)=O)c(N)c34)CC2)cc1)C([2H])([2H])[2H]. The Bertz CT molecular complexity index is 1310. The van der Waals surface area contributed by atoms with Crippen LogP contribution in [0, 0.1) is 0 Å². The van der Waals surface area contributed by atoms with Crippen molar-refractivity contribution in [2.24, 2.45) is 5.73 Å². The summed E-state index contributed by atoms with van der Waals surface area (Å²) in [5.41, 5.74) is 13.7. The van der Waals surface area contributed by atoms with Crippen molar-refractivity contribution >= 4 is 50.4 Å². The number of rotatable bonds is 4. The zero-order valence-electron chi connectivity index (χ0n) is 22.7. The van der Waals surface area contributed by atoms with E-state index >= 15 is 0 Å². The smallest absolute Gasteiger partial charge is 0.260 e. The predicted octanol–water partition coefficient (Wildman–Crippen LogP) is 2.40. The third-order valence-corrected chi connectivity index (χ3v) is 6.48. The lowest BCUT2D eigenvalue weighted by molar-refractivity contribution is 0.0827. The van der Waals surface area contributed by atoms with Gasteiger partial charge < -0.3 is 26.2 Å². The molecule has 9 heteroatoms. The number of carbonyl (C=O) groups is 2. The zero-order chi connectivity index (χ0) is 27.1. The first kappa shape index (κ1) is 14.6. The Morgan fingerprint density at radius 2 is 1.81 bits per heavy atom. The lowest BCUT2D eigenvalue weighted by Crippen LogP contribution is -2.31. The van der Waals surface area contributed by atoms with E-state index in [0.717, 1.165) is 30.9 Å². The molecule has 0 saturated carbocycles. The van der Waals surface area contributed by atoms with Gasteiger partial charge in [0.1, 0.15) is 9.71 Å². The van der Waals surface area contributed by atoms with Crippen LogP contribution in [0.2, 0.25) is 0 Å². The Morgan fingerprint density at radius 1 is 1.10 bits per heavy atom. The van der Waals surface area contributed by atoms with Crippen LogP contribution in [0.1, 0.15) is 34.7 Å². The number of benzene rings is 1. The van der Waals surface area contributed by atoms with Gasteiger partial charge in [-0.25, -0.2) is 4.98 Å². The molecule has 0 unspecified atom stereocenters. The van der Waals surface area contributed by atoms with Crippen LogP contribution < -0.4 is 21.3 Å². The van der Waals surface area contributed by atoms with Crippen molar-refractivity contribution in [3.8, 4) is 0 Å². The number of carbonyl (C=O) groups excluding carboxylic acids is 2. The van der Waals surface area contributed by atoms with Crippen molar-refractivity contribution in [2.75, 3.05) is 55.7 Å². The molecule has 3 aromatic rings. The van der Waals surface area contributed by atoms with Crippen LogP contribution in [0.5, 0.6) is 0 Å². The highest BCUT2D eigenvalue weighted by molar-refractivity contribution is 7.21. The summed E-state index contributed by atoms with van der Waals surface area (Å²) in [5.74, 6) is -1.67. The molecule has 0 bridgehead atoms. The van der Waals surface area contributed by atoms with E-state index < -0.39 is 25.8 Å². The highest BCUT2D eigenvalue weighted by Crippen LogP contribution is 2.38. The molecule has 0 radical (unpaired) electrons. The number of hydrogen-bond acceptors (Lipinski definition) is 7. The second kappa shape index (κ2) is 8.43. The Labute approximate surface area is 193 Å². The fraction of sp³-hybridized carbons (Fsp3) is 0.318. The van der Waals surface area contributed by atoms with Crippen LogP contribution in [0.25, 0.3) is 10.2 Å². The van der Waals surface area contributed by atoms with Crippen molar-refractivity contribution in [3.05, 3.63) is 47.0 Å². The number of primary amides is 1. The topological polar surface area (TPSA) is 109 Å². The standard InChI is InChI=1S/C22H26N6O2S/c1-26(2)22(30)14-4-6-15(7-5-14)27-10-3-11-28(13-12-27)16-8-9-25-21-17(16)18(23)19(31-21)20(24)29/h4-9H,3,10-13,23H2,1-2H3,(H2,24,29)/i1D3,2D3. The minimum absolute atomic E-state index is 0.0233. The molecule has 8 nitrogen and oxygen atoms in total. The summed E-state index contributed by atoms with van der Waals surface area (Å²) in [6, 6.07) is 8.11. The molecule has 0 atom stereocenters. The first-order valence-electron chi connectivity index (χ1n) is 12.7. The molecule has 1 aliphatic rings. The number of aromatic nitrogens is 1. The summed E-state index contributed by atoms with van der Waals surface area (Å²) in [6.45, 7) is -3.46. The Hall–Kier alpha value is -3.33. The molecule has 2 amide bonds. The van der Waals surface area contributed by atoms with Gasteiger partial charge in [0.15, 0.2) is 0 Å². The van der Waals surface area contributed by atoms with Gasteiger partial charge in [-0.05, 0) is 36.8 Å². The van der Waals surface area contributed by atoms with Crippen LogP contribution in [-0.4, -0.2) is 61.8 Å². The number of thiophene rings is 1. The largest absolute Gasteiger partial charge is 0.397 e.